The second-order valence-electron chi connectivity index (χ2n) is 7.13. The number of carbonyl (C=O) groups is 2. The van der Waals surface area contributed by atoms with Crippen molar-refractivity contribution in [1.82, 2.24) is 19.7 Å². The number of nitrogens with zero attached hydrogens (tertiary/aromatic N) is 5. The fraction of sp³-hybridized carbons (Fsp3) is 0.174. The van der Waals surface area contributed by atoms with Crippen LogP contribution >= 0.6 is 11.3 Å². The summed E-state index contributed by atoms with van der Waals surface area (Å²) in [6, 6.07) is 14.6. The molecule has 0 aliphatic heterocycles. The maximum Gasteiger partial charge on any atom is 0.340 e. The first-order valence-corrected chi connectivity index (χ1v) is 10.8. The lowest BCUT2D eigenvalue weighted by atomic mass is 10.3. The van der Waals surface area contributed by atoms with E-state index >= 15 is 0 Å². The van der Waals surface area contributed by atoms with Crippen molar-refractivity contribution in [3.8, 4) is 5.82 Å². The van der Waals surface area contributed by atoms with Gasteiger partial charge < -0.3 is 4.74 Å². The molecule has 162 valence electrons. The van der Waals surface area contributed by atoms with Gasteiger partial charge in [-0.1, -0.05) is 18.2 Å². The lowest BCUT2D eigenvalue weighted by Gasteiger charge is -2.17. The van der Waals surface area contributed by atoms with Crippen LogP contribution in [-0.4, -0.2) is 31.6 Å². The molecule has 1 amide bonds. The van der Waals surface area contributed by atoms with E-state index in [0.29, 0.717) is 22.2 Å². The second kappa shape index (κ2) is 9.11. The van der Waals surface area contributed by atoms with Crippen molar-refractivity contribution < 1.29 is 14.3 Å². The van der Waals surface area contributed by atoms with Gasteiger partial charge in [0.25, 0.3) is 0 Å². The quantitative estimate of drug-likeness (QED) is 0.408. The second-order valence-corrected chi connectivity index (χ2v) is 7.97. The summed E-state index contributed by atoms with van der Waals surface area (Å²) in [7, 11) is 0. The third kappa shape index (κ3) is 4.57. The first-order valence-electron chi connectivity index (χ1n) is 9.89. The SMILES string of the molecule is CC(=O)N(c1ccccc1)c1nc(COC(=O)c2ccc(-n3nc(C)cc3C)nc2)cs1. The van der Waals surface area contributed by atoms with Gasteiger partial charge in [-0.05, 0) is 44.2 Å². The number of ether oxygens (including phenoxy) is 1. The summed E-state index contributed by atoms with van der Waals surface area (Å²) in [6.07, 6.45) is 1.47. The monoisotopic (exact) mass is 447 g/mol. The molecule has 3 heterocycles. The van der Waals surface area contributed by atoms with Crippen LogP contribution in [0.15, 0.2) is 60.1 Å². The first kappa shape index (κ1) is 21.4. The predicted molar refractivity (Wildman–Crippen MR) is 121 cm³/mol. The molecule has 0 unspecified atom stereocenters. The molecule has 0 bridgehead atoms. The molecule has 0 atom stereocenters. The highest BCUT2D eigenvalue weighted by atomic mass is 32.1. The normalized spacial score (nSPS) is 10.7. The number of esters is 1. The lowest BCUT2D eigenvalue weighted by Crippen LogP contribution is -2.22. The summed E-state index contributed by atoms with van der Waals surface area (Å²) >= 11 is 1.31. The number of hydrogen-bond acceptors (Lipinski definition) is 7. The highest BCUT2D eigenvalue weighted by Crippen LogP contribution is 2.29. The smallest absolute Gasteiger partial charge is 0.340 e. The number of anilines is 2. The summed E-state index contributed by atoms with van der Waals surface area (Å²) < 4.78 is 7.10. The average molecular weight is 448 g/mol. The van der Waals surface area contributed by atoms with E-state index in [-0.39, 0.29) is 12.5 Å². The number of para-hydroxylation sites is 1. The van der Waals surface area contributed by atoms with Gasteiger partial charge in [-0.3, -0.25) is 9.69 Å². The minimum Gasteiger partial charge on any atom is -0.456 e. The Hall–Kier alpha value is -3.85. The average Bonchev–Trinajstić information content (AvgIpc) is 3.38. The minimum atomic E-state index is -0.501. The fourth-order valence-electron chi connectivity index (χ4n) is 3.19. The number of aryl methyl sites for hydroxylation is 2. The van der Waals surface area contributed by atoms with Crippen molar-refractivity contribution in [3.05, 3.63) is 82.8 Å². The molecule has 0 spiro atoms. The van der Waals surface area contributed by atoms with Gasteiger partial charge in [0.2, 0.25) is 5.91 Å². The third-order valence-corrected chi connectivity index (χ3v) is 5.50. The number of thiazole rings is 1. The highest BCUT2D eigenvalue weighted by molar-refractivity contribution is 7.14. The van der Waals surface area contributed by atoms with Crippen LogP contribution in [0.3, 0.4) is 0 Å². The zero-order valence-corrected chi connectivity index (χ0v) is 18.7. The molecule has 4 rings (SSSR count). The topological polar surface area (TPSA) is 90.2 Å². The fourth-order valence-corrected chi connectivity index (χ4v) is 4.06. The zero-order chi connectivity index (χ0) is 22.7. The Bertz CT molecular complexity index is 1250. The van der Waals surface area contributed by atoms with Crippen molar-refractivity contribution in [2.24, 2.45) is 0 Å². The van der Waals surface area contributed by atoms with Gasteiger partial charge in [0, 0.05) is 24.2 Å². The van der Waals surface area contributed by atoms with Crippen LogP contribution in [0, 0.1) is 13.8 Å². The molecular formula is C23H21N5O3S. The van der Waals surface area contributed by atoms with Crippen molar-refractivity contribution in [2.75, 3.05) is 4.90 Å². The third-order valence-electron chi connectivity index (χ3n) is 4.62. The number of amides is 1. The Labute approximate surface area is 189 Å². The van der Waals surface area contributed by atoms with Crippen LogP contribution < -0.4 is 4.90 Å². The van der Waals surface area contributed by atoms with E-state index in [4.69, 9.17) is 4.74 Å². The van der Waals surface area contributed by atoms with E-state index < -0.39 is 5.97 Å². The number of rotatable bonds is 6. The Morgan fingerprint density at radius 2 is 1.91 bits per heavy atom. The molecule has 9 heteroatoms. The Morgan fingerprint density at radius 3 is 2.53 bits per heavy atom. The summed E-state index contributed by atoms with van der Waals surface area (Å²) in [6.45, 7) is 5.33. The molecule has 0 aliphatic carbocycles. The van der Waals surface area contributed by atoms with Crippen molar-refractivity contribution in [1.29, 1.82) is 0 Å². The van der Waals surface area contributed by atoms with Gasteiger partial charge in [0.05, 0.1) is 22.6 Å². The van der Waals surface area contributed by atoms with Gasteiger partial charge in [-0.2, -0.15) is 5.10 Å². The number of carbonyl (C=O) groups excluding carboxylic acids is 2. The van der Waals surface area contributed by atoms with E-state index in [1.54, 1.807) is 22.2 Å². The van der Waals surface area contributed by atoms with Gasteiger partial charge in [0.1, 0.15) is 6.61 Å². The summed E-state index contributed by atoms with van der Waals surface area (Å²) in [5.41, 5.74) is 3.48. The van der Waals surface area contributed by atoms with E-state index in [1.807, 2.05) is 50.2 Å². The molecule has 32 heavy (non-hydrogen) atoms. The Balaban J connectivity index is 1.42. The van der Waals surface area contributed by atoms with Crippen LogP contribution in [0.2, 0.25) is 0 Å². The standard InChI is InChI=1S/C23H21N5O3S/c1-15-11-16(2)28(26-15)21-10-9-18(12-24-21)22(30)31-13-19-14-32-23(25-19)27(17(3)29)20-7-5-4-6-8-20/h4-12,14H,13H2,1-3H3. The molecule has 1 aromatic carbocycles. The molecule has 0 radical (unpaired) electrons. The van der Waals surface area contributed by atoms with Crippen LogP contribution in [0.25, 0.3) is 5.82 Å². The van der Waals surface area contributed by atoms with Gasteiger partial charge in [-0.25, -0.2) is 19.4 Å². The molecule has 0 saturated heterocycles. The molecule has 0 fully saturated rings. The van der Waals surface area contributed by atoms with Crippen LogP contribution in [0.4, 0.5) is 10.8 Å². The Morgan fingerprint density at radius 1 is 1.12 bits per heavy atom. The number of aromatic nitrogens is 4. The minimum absolute atomic E-state index is 0.00488. The van der Waals surface area contributed by atoms with Gasteiger partial charge in [0.15, 0.2) is 10.9 Å². The van der Waals surface area contributed by atoms with Gasteiger partial charge >= 0.3 is 5.97 Å². The highest BCUT2D eigenvalue weighted by Gasteiger charge is 2.18. The van der Waals surface area contributed by atoms with E-state index in [0.717, 1.165) is 17.1 Å². The van der Waals surface area contributed by atoms with Crippen LogP contribution in [0.5, 0.6) is 0 Å². The Kier molecular flexibility index (Phi) is 6.09. The molecular weight excluding hydrogens is 426 g/mol. The number of hydrogen-bond donors (Lipinski definition) is 0. The lowest BCUT2D eigenvalue weighted by molar-refractivity contribution is -0.115. The molecule has 0 saturated carbocycles. The zero-order valence-electron chi connectivity index (χ0n) is 17.8. The van der Waals surface area contributed by atoms with Crippen molar-refractivity contribution in [2.45, 2.75) is 27.4 Å². The maximum atomic E-state index is 12.4. The molecule has 4 aromatic rings. The van der Waals surface area contributed by atoms with Crippen LogP contribution in [0.1, 0.15) is 34.4 Å². The predicted octanol–water partition coefficient (Wildman–Crippen LogP) is 4.38. The molecule has 0 N–H and O–H groups in total. The summed E-state index contributed by atoms with van der Waals surface area (Å²) in [4.78, 5) is 34.9. The summed E-state index contributed by atoms with van der Waals surface area (Å²) in [5, 5.41) is 6.67. The van der Waals surface area contributed by atoms with E-state index in [2.05, 4.69) is 15.1 Å². The number of benzene rings is 1. The van der Waals surface area contributed by atoms with Crippen molar-refractivity contribution >= 4 is 34.0 Å². The molecule has 3 aromatic heterocycles. The number of pyridine rings is 1. The van der Waals surface area contributed by atoms with Crippen molar-refractivity contribution in [3.63, 3.8) is 0 Å². The van der Waals surface area contributed by atoms with E-state index in [1.165, 1.54) is 29.4 Å². The maximum absolute atomic E-state index is 12.4. The molecule has 8 nitrogen and oxygen atoms in total. The summed E-state index contributed by atoms with van der Waals surface area (Å²) in [5.74, 6) is -0.0251. The van der Waals surface area contributed by atoms with Gasteiger partial charge in [-0.15, -0.1) is 11.3 Å². The largest absolute Gasteiger partial charge is 0.456 e. The molecule has 0 aliphatic rings. The van der Waals surface area contributed by atoms with E-state index in [9.17, 15) is 9.59 Å². The first-order chi connectivity index (χ1) is 15.4. The van der Waals surface area contributed by atoms with Crippen LogP contribution in [-0.2, 0) is 16.1 Å².